The lowest BCUT2D eigenvalue weighted by Crippen LogP contribution is -2.14. The van der Waals surface area contributed by atoms with Gasteiger partial charge in [-0.1, -0.05) is 11.6 Å². The maximum absolute atomic E-state index is 13.2. The Morgan fingerprint density at radius 1 is 1.20 bits per heavy atom. The molecule has 0 radical (unpaired) electrons. The summed E-state index contributed by atoms with van der Waals surface area (Å²) < 4.78 is 40.0. The van der Waals surface area contributed by atoms with Gasteiger partial charge in [0.2, 0.25) is 0 Å². The molecule has 0 unspecified atom stereocenters. The lowest BCUT2D eigenvalue weighted by Gasteiger charge is -2.12. The zero-order valence-corrected chi connectivity index (χ0v) is 12.1. The molecule has 0 fully saturated rings. The molecule has 106 valence electrons. The Morgan fingerprint density at radius 3 is 2.55 bits per heavy atom. The Balaban J connectivity index is 2.43. The molecule has 0 bridgehead atoms. The monoisotopic (exact) mass is 314 g/mol. The number of nitrogen functional groups attached to an aromatic ring is 1. The third kappa shape index (κ3) is 3.02. The van der Waals surface area contributed by atoms with Crippen LogP contribution >= 0.6 is 11.6 Å². The molecule has 7 heteroatoms. The highest BCUT2D eigenvalue weighted by molar-refractivity contribution is 7.92. The number of nitrogens with two attached hydrogens (primary N) is 1. The Morgan fingerprint density at radius 2 is 1.90 bits per heavy atom. The van der Waals surface area contributed by atoms with Gasteiger partial charge in [0.1, 0.15) is 10.7 Å². The van der Waals surface area contributed by atoms with Gasteiger partial charge in [0.05, 0.1) is 10.7 Å². The minimum atomic E-state index is -3.96. The van der Waals surface area contributed by atoms with Crippen molar-refractivity contribution in [2.75, 3.05) is 10.5 Å². The van der Waals surface area contributed by atoms with E-state index in [4.69, 9.17) is 17.3 Å². The third-order valence-corrected chi connectivity index (χ3v) is 4.52. The normalized spacial score (nSPS) is 11.3. The largest absolute Gasteiger partial charge is 0.399 e. The zero-order chi connectivity index (χ0) is 14.9. The fourth-order valence-electron chi connectivity index (χ4n) is 1.68. The lowest BCUT2D eigenvalue weighted by molar-refractivity contribution is 0.595. The molecule has 3 N–H and O–H groups in total. The van der Waals surface area contributed by atoms with Gasteiger partial charge in [-0.25, -0.2) is 12.8 Å². The standard InChI is InChI=1S/C13H12ClFN2O2S/c1-8-6-10(16)3-5-12(8)17-20(18,19)13-7-9(15)2-4-11(13)14/h2-7,17H,16H2,1H3. The molecule has 0 aliphatic rings. The van der Waals surface area contributed by atoms with Crippen molar-refractivity contribution in [2.24, 2.45) is 0 Å². The Bertz CT molecular complexity index is 763. The van der Waals surface area contributed by atoms with Crippen LogP contribution in [0.4, 0.5) is 15.8 Å². The van der Waals surface area contributed by atoms with Crippen LogP contribution in [0.3, 0.4) is 0 Å². The molecule has 0 amide bonds. The number of hydrogen-bond donors (Lipinski definition) is 2. The number of nitrogens with one attached hydrogen (secondary N) is 1. The minimum Gasteiger partial charge on any atom is -0.399 e. The van der Waals surface area contributed by atoms with E-state index in [1.165, 1.54) is 12.1 Å². The van der Waals surface area contributed by atoms with Crippen LogP contribution in [0.1, 0.15) is 5.56 Å². The number of sulfonamides is 1. The predicted octanol–water partition coefficient (Wildman–Crippen LogP) is 3.17. The van der Waals surface area contributed by atoms with Crippen molar-refractivity contribution < 1.29 is 12.8 Å². The smallest absolute Gasteiger partial charge is 0.263 e. The molecule has 2 aromatic carbocycles. The van der Waals surface area contributed by atoms with Crippen LogP contribution in [-0.4, -0.2) is 8.42 Å². The Hall–Kier alpha value is -1.79. The van der Waals surface area contributed by atoms with Crippen LogP contribution in [0.2, 0.25) is 5.02 Å². The number of rotatable bonds is 3. The first-order valence-corrected chi connectivity index (χ1v) is 7.50. The third-order valence-electron chi connectivity index (χ3n) is 2.68. The summed E-state index contributed by atoms with van der Waals surface area (Å²) in [7, 11) is -3.96. The van der Waals surface area contributed by atoms with Crippen molar-refractivity contribution in [1.82, 2.24) is 0 Å². The first kappa shape index (κ1) is 14.6. The van der Waals surface area contributed by atoms with Gasteiger partial charge in [0.25, 0.3) is 10.0 Å². The number of aryl methyl sites for hydroxylation is 1. The molecule has 2 aromatic rings. The summed E-state index contributed by atoms with van der Waals surface area (Å²) >= 11 is 5.81. The molecular formula is C13H12ClFN2O2S. The molecule has 0 aromatic heterocycles. The van der Waals surface area contributed by atoms with Gasteiger partial charge >= 0.3 is 0 Å². The van der Waals surface area contributed by atoms with E-state index in [1.54, 1.807) is 19.1 Å². The summed E-state index contributed by atoms with van der Waals surface area (Å²) in [6.45, 7) is 1.71. The summed E-state index contributed by atoms with van der Waals surface area (Å²) in [5.41, 5.74) is 7.14. The van der Waals surface area contributed by atoms with Crippen molar-refractivity contribution in [2.45, 2.75) is 11.8 Å². The first-order chi connectivity index (χ1) is 9.29. The van der Waals surface area contributed by atoms with Gasteiger partial charge < -0.3 is 5.73 Å². The molecule has 0 aliphatic heterocycles. The second kappa shape index (κ2) is 5.30. The van der Waals surface area contributed by atoms with E-state index in [0.29, 0.717) is 16.9 Å². The maximum Gasteiger partial charge on any atom is 0.263 e. The van der Waals surface area contributed by atoms with E-state index >= 15 is 0 Å². The second-order valence-corrected chi connectivity index (χ2v) is 6.31. The second-order valence-electron chi connectivity index (χ2n) is 4.25. The molecule has 0 heterocycles. The molecule has 2 rings (SSSR count). The van der Waals surface area contributed by atoms with E-state index < -0.39 is 15.8 Å². The van der Waals surface area contributed by atoms with Gasteiger partial charge in [0, 0.05) is 5.69 Å². The van der Waals surface area contributed by atoms with Crippen molar-refractivity contribution in [3.05, 3.63) is 52.8 Å². The minimum absolute atomic E-state index is 0.0491. The highest BCUT2D eigenvalue weighted by atomic mass is 35.5. The topological polar surface area (TPSA) is 72.2 Å². The van der Waals surface area contributed by atoms with E-state index in [2.05, 4.69) is 4.72 Å². The molecule has 0 aliphatic carbocycles. The van der Waals surface area contributed by atoms with Gasteiger partial charge in [0.15, 0.2) is 0 Å². The first-order valence-electron chi connectivity index (χ1n) is 5.63. The van der Waals surface area contributed by atoms with Gasteiger partial charge in [-0.2, -0.15) is 0 Å². The molecular weight excluding hydrogens is 303 g/mol. The van der Waals surface area contributed by atoms with E-state index in [-0.39, 0.29) is 9.92 Å². The lowest BCUT2D eigenvalue weighted by atomic mass is 10.2. The average molecular weight is 315 g/mol. The molecule has 4 nitrogen and oxygen atoms in total. The quantitative estimate of drug-likeness (QED) is 0.855. The highest BCUT2D eigenvalue weighted by Gasteiger charge is 2.19. The van der Waals surface area contributed by atoms with Gasteiger partial charge in [-0.15, -0.1) is 0 Å². The predicted molar refractivity (Wildman–Crippen MR) is 77.8 cm³/mol. The molecule has 0 saturated carbocycles. The Kier molecular flexibility index (Phi) is 3.87. The number of benzene rings is 2. The van der Waals surface area contributed by atoms with Crippen LogP contribution in [0, 0.1) is 12.7 Å². The van der Waals surface area contributed by atoms with Crippen molar-refractivity contribution in [3.8, 4) is 0 Å². The van der Waals surface area contributed by atoms with Crippen LogP contribution in [-0.2, 0) is 10.0 Å². The van der Waals surface area contributed by atoms with Crippen molar-refractivity contribution in [1.29, 1.82) is 0 Å². The van der Waals surface area contributed by atoms with Crippen LogP contribution < -0.4 is 10.5 Å². The highest BCUT2D eigenvalue weighted by Crippen LogP contribution is 2.26. The maximum atomic E-state index is 13.2. The van der Waals surface area contributed by atoms with Crippen LogP contribution in [0.5, 0.6) is 0 Å². The van der Waals surface area contributed by atoms with E-state index in [1.807, 2.05) is 0 Å². The summed E-state index contributed by atoms with van der Waals surface area (Å²) in [6, 6.07) is 7.90. The van der Waals surface area contributed by atoms with Crippen LogP contribution in [0.15, 0.2) is 41.3 Å². The summed E-state index contributed by atoms with van der Waals surface area (Å²) in [4.78, 5) is -0.310. The SMILES string of the molecule is Cc1cc(N)ccc1NS(=O)(=O)c1cc(F)ccc1Cl. The fraction of sp³-hybridized carbons (Fsp3) is 0.0769. The van der Waals surface area contributed by atoms with Gasteiger partial charge in [-0.05, 0) is 48.9 Å². The summed E-state index contributed by atoms with van der Waals surface area (Å²) in [5, 5.41) is -0.0491. The van der Waals surface area contributed by atoms with E-state index in [0.717, 1.165) is 12.1 Å². The van der Waals surface area contributed by atoms with Crippen LogP contribution in [0.25, 0.3) is 0 Å². The molecule has 0 saturated heterocycles. The Labute approximate surface area is 121 Å². The van der Waals surface area contributed by atoms with Crippen molar-refractivity contribution >= 4 is 33.0 Å². The number of hydrogen-bond acceptors (Lipinski definition) is 3. The van der Waals surface area contributed by atoms with Crippen molar-refractivity contribution in [3.63, 3.8) is 0 Å². The molecule has 20 heavy (non-hydrogen) atoms. The number of anilines is 2. The van der Waals surface area contributed by atoms with Gasteiger partial charge in [-0.3, -0.25) is 4.72 Å². The summed E-state index contributed by atoms with van der Waals surface area (Å²) in [5.74, 6) is -0.677. The summed E-state index contributed by atoms with van der Waals surface area (Å²) in [6.07, 6.45) is 0. The zero-order valence-electron chi connectivity index (χ0n) is 10.5. The average Bonchev–Trinajstić information content (AvgIpc) is 2.35. The number of halogens is 2. The molecule has 0 spiro atoms. The van der Waals surface area contributed by atoms with E-state index in [9.17, 15) is 12.8 Å². The fourth-order valence-corrected chi connectivity index (χ4v) is 3.33. The molecule has 0 atom stereocenters.